The smallest absolute Gasteiger partial charge is 0.0822 e. The second-order valence-electron chi connectivity index (χ2n) is 5.61. The van der Waals surface area contributed by atoms with Crippen molar-refractivity contribution in [2.24, 2.45) is 0 Å². The maximum atomic E-state index is 5.94. The minimum Gasteiger partial charge on any atom is -0.375 e. The lowest BCUT2D eigenvalue weighted by molar-refractivity contribution is 0.0473. The molecule has 4 nitrogen and oxygen atoms in total. The van der Waals surface area contributed by atoms with Gasteiger partial charge in [-0.2, -0.15) is 16.9 Å². The fourth-order valence-corrected chi connectivity index (χ4v) is 3.85. The Balaban J connectivity index is 1.99. The van der Waals surface area contributed by atoms with Crippen molar-refractivity contribution in [3.63, 3.8) is 0 Å². The molecule has 0 bridgehead atoms. The van der Waals surface area contributed by atoms with Crippen molar-refractivity contribution < 1.29 is 4.74 Å². The summed E-state index contributed by atoms with van der Waals surface area (Å²) in [6, 6.07) is 3.06. The van der Waals surface area contributed by atoms with Crippen LogP contribution in [0.5, 0.6) is 0 Å². The Hall–Kier alpha value is -0.520. The van der Waals surface area contributed by atoms with Crippen molar-refractivity contribution >= 4 is 11.8 Å². The molecule has 120 valence electrons. The van der Waals surface area contributed by atoms with Crippen molar-refractivity contribution in [3.8, 4) is 0 Å². The zero-order valence-corrected chi connectivity index (χ0v) is 14.4. The number of nitrogens with zero attached hydrogens (tertiary/aromatic N) is 2. The molecule has 1 saturated heterocycles. The van der Waals surface area contributed by atoms with E-state index in [1.54, 1.807) is 0 Å². The fourth-order valence-electron chi connectivity index (χ4n) is 2.91. The van der Waals surface area contributed by atoms with Crippen LogP contribution in [0, 0.1) is 0 Å². The maximum Gasteiger partial charge on any atom is 0.0822 e. The summed E-state index contributed by atoms with van der Waals surface area (Å²) in [7, 11) is 0. The number of rotatable bonds is 8. The summed E-state index contributed by atoms with van der Waals surface area (Å²) >= 11 is 1.99. The van der Waals surface area contributed by atoms with Gasteiger partial charge in [0.05, 0.1) is 24.4 Å². The SMILES string of the molecule is CCNC(Cc1ccn(C(CC)CC)n1)C1CSCCO1. The third-order valence-corrected chi connectivity index (χ3v) is 5.19. The van der Waals surface area contributed by atoms with Crippen molar-refractivity contribution in [3.05, 3.63) is 18.0 Å². The van der Waals surface area contributed by atoms with Crippen LogP contribution in [0.2, 0.25) is 0 Å². The summed E-state index contributed by atoms with van der Waals surface area (Å²) < 4.78 is 8.08. The van der Waals surface area contributed by atoms with E-state index in [2.05, 4.69) is 43.0 Å². The lowest BCUT2D eigenvalue weighted by Crippen LogP contribution is -2.46. The Morgan fingerprint density at radius 3 is 2.86 bits per heavy atom. The number of aromatic nitrogens is 2. The lowest BCUT2D eigenvalue weighted by atomic mass is 10.1. The molecule has 2 heterocycles. The highest BCUT2D eigenvalue weighted by molar-refractivity contribution is 7.99. The minimum atomic E-state index is 0.307. The Bertz CT molecular complexity index is 400. The number of ether oxygens (including phenoxy) is 1. The van der Waals surface area contributed by atoms with Crippen LogP contribution in [0.3, 0.4) is 0 Å². The Morgan fingerprint density at radius 2 is 2.24 bits per heavy atom. The second kappa shape index (κ2) is 8.81. The molecule has 0 amide bonds. The Labute approximate surface area is 133 Å². The summed E-state index contributed by atoms with van der Waals surface area (Å²) in [6.07, 6.45) is 5.66. The number of thioether (sulfide) groups is 1. The molecule has 1 aliphatic heterocycles. The summed E-state index contributed by atoms with van der Waals surface area (Å²) in [6.45, 7) is 8.46. The number of nitrogens with one attached hydrogen (secondary N) is 1. The molecule has 2 atom stereocenters. The minimum absolute atomic E-state index is 0.307. The first-order valence-electron chi connectivity index (χ1n) is 8.25. The molecular formula is C16H29N3OS. The van der Waals surface area contributed by atoms with E-state index in [4.69, 9.17) is 9.84 Å². The number of likely N-dealkylation sites (N-methyl/N-ethyl adjacent to an activating group) is 1. The average molecular weight is 311 g/mol. The third kappa shape index (κ3) is 4.73. The summed E-state index contributed by atoms with van der Waals surface area (Å²) in [4.78, 5) is 0. The van der Waals surface area contributed by atoms with Gasteiger partial charge >= 0.3 is 0 Å². The molecule has 1 aliphatic rings. The standard InChI is InChI=1S/C16H29N3OS/c1-4-14(5-2)19-8-7-13(18-19)11-15(17-6-3)16-12-21-10-9-20-16/h7-8,14-17H,4-6,9-12H2,1-3H3. The second-order valence-corrected chi connectivity index (χ2v) is 6.76. The first-order chi connectivity index (χ1) is 10.3. The summed E-state index contributed by atoms with van der Waals surface area (Å²) in [5.41, 5.74) is 1.17. The van der Waals surface area contributed by atoms with Crippen LogP contribution in [-0.4, -0.2) is 46.6 Å². The molecule has 21 heavy (non-hydrogen) atoms. The van der Waals surface area contributed by atoms with Crippen LogP contribution in [0.25, 0.3) is 0 Å². The monoisotopic (exact) mass is 311 g/mol. The number of hydrogen-bond donors (Lipinski definition) is 1. The topological polar surface area (TPSA) is 39.1 Å². The van der Waals surface area contributed by atoms with Crippen molar-refractivity contribution in [1.29, 1.82) is 0 Å². The van der Waals surface area contributed by atoms with Crippen molar-refractivity contribution in [1.82, 2.24) is 15.1 Å². The van der Waals surface area contributed by atoms with E-state index in [-0.39, 0.29) is 0 Å². The van der Waals surface area contributed by atoms with Crippen LogP contribution >= 0.6 is 11.8 Å². The molecule has 5 heteroatoms. The van der Waals surface area contributed by atoms with Crippen molar-refractivity contribution in [2.45, 2.75) is 58.2 Å². The highest BCUT2D eigenvalue weighted by Crippen LogP contribution is 2.19. The Kier molecular flexibility index (Phi) is 7.07. The van der Waals surface area contributed by atoms with Gasteiger partial charge in [-0.1, -0.05) is 20.8 Å². The molecule has 0 saturated carbocycles. The first-order valence-corrected chi connectivity index (χ1v) is 9.40. The van der Waals surface area contributed by atoms with Crippen LogP contribution in [0.15, 0.2) is 12.3 Å². The van der Waals surface area contributed by atoms with E-state index in [0.717, 1.165) is 43.9 Å². The molecule has 0 aliphatic carbocycles. The largest absolute Gasteiger partial charge is 0.375 e. The predicted octanol–water partition coefficient (Wildman–Crippen LogP) is 2.90. The molecule has 2 unspecified atom stereocenters. The molecule has 0 radical (unpaired) electrons. The predicted molar refractivity (Wildman–Crippen MR) is 90.1 cm³/mol. The van der Waals surface area contributed by atoms with Gasteiger partial charge in [-0.05, 0) is 25.5 Å². The van der Waals surface area contributed by atoms with Gasteiger partial charge < -0.3 is 10.1 Å². The number of hydrogen-bond acceptors (Lipinski definition) is 4. The fraction of sp³-hybridized carbons (Fsp3) is 0.812. The molecule has 2 rings (SSSR count). The van der Waals surface area contributed by atoms with Crippen LogP contribution in [0.1, 0.15) is 45.3 Å². The summed E-state index contributed by atoms with van der Waals surface area (Å²) in [5, 5.41) is 8.36. The van der Waals surface area contributed by atoms with Gasteiger partial charge in [-0.3, -0.25) is 4.68 Å². The van der Waals surface area contributed by atoms with Gasteiger partial charge in [0.2, 0.25) is 0 Å². The van der Waals surface area contributed by atoms with Crippen LogP contribution < -0.4 is 5.32 Å². The summed E-state index contributed by atoms with van der Waals surface area (Å²) in [5.74, 6) is 2.21. The van der Waals surface area contributed by atoms with Gasteiger partial charge in [0.1, 0.15) is 0 Å². The van der Waals surface area contributed by atoms with E-state index >= 15 is 0 Å². The van der Waals surface area contributed by atoms with Gasteiger partial charge in [-0.15, -0.1) is 0 Å². The van der Waals surface area contributed by atoms with Gasteiger partial charge in [0.25, 0.3) is 0 Å². The maximum absolute atomic E-state index is 5.94. The molecule has 0 spiro atoms. The first kappa shape index (κ1) is 16.8. The molecule has 1 aromatic rings. The van der Waals surface area contributed by atoms with E-state index < -0.39 is 0 Å². The normalized spacial score (nSPS) is 20.9. The zero-order valence-electron chi connectivity index (χ0n) is 13.5. The van der Waals surface area contributed by atoms with Gasteiger partial charge in [-0.25, -0.2) is 0 Å². The highest BCUT2D eigenvalue weighted by Gasteiger charge is 2.25. The van der Waals surface area contributed by atoms with E-state index in [0.29, 0.717) is 18.2 Å². The lowest BCUT2D eigenvalue weighted by Gasteiger charge is -2.30. The third-order valence-electron chi connectivity index (χ3n) is 4.17. The van der Waals surface area contributed by atoms with Crippen LogP contribution in [0.4, 0.5) is 0 Å². The molecule has 1 fully saturated rings. The van der Waals surface area contributed by atoms with Crippen molar-refractivity contribution in [2.75, 3.05) is 24.7 Å². The van der Waals surface area contributed by atoms with E-state index in [9.17, 15) is 0 Å². The molecular weight excluding hydrogens is 282 g/mol. The van der Waals surface area contributed by atoms with E-state index in [1.807, 2.05) is 11.8 Å². The highest BCUT2D eigenvalue weighted by atomic mass is 32.2. The molecule has 1 aromatic heterocycles. The van der Waals surface area contributed by atoms with Crippen LogP contribution in [-0.2, 0) is 11.2 Å². The van der Waals surface area contributed by atoms with Gasteiger partial charge in [0.15, 0.2) is 0 Å². The average Bonchev–Trinajstić information content (AvgIpc) is 2.97. The quantitative estimate of drug-likeness (QED) is 0.801. The molecule has 1 N–H and O–H groups in total. The Morgan fingerprint density at radius 1 is 1.43 bits per heavy atom. The molecule has 0 aromatic carbocycles. The zero-order chi connectivity index (χ0) is 15.1. The van der Waals surface area contributed by atoms with Gasteiger partial charge in [0, 0.05) is 30.2 Å². The van der Waals surface area contributed by atoms with E-state index in [1.165, 1.54) is 5.69 Å².